The zero-order valence-electron chi connectivity index (χ0n) is 19.5. The number of hydrogen-bond donors (Lipinski definition) is 0. The number of nitrogens with zero attached hydrogens (tertiary/aromatic N) is 4. The van der Waals surface area contributed by atoms with Crippen LogP contribution in [0.1, 0.15) is 48.3 Å². The van der Waals surface area contributed by atoms with Gasteiger partial charge in [-0.1, -0.05) is 28.9 Å². The number of benzene rings is 2. The number of likely N-dealkylation sites (tertiary alicyclic amines) is 1. The summed E-state index contributed by atoms with van der Waals surface area (Å²) < 4.78 is 27.9. The van der Waals surface area contributed by atoms with Gasteiger partial charge in [-0.25, -0.2) is 18.7 Å². The highest BCUT2D eigenvalue weighted by Gasteiger charge is 2.28. The fourth-order valence-electron chi connectivity index (χ4n) is 4.14. The Balaban J connectivity index is 1.45. The van der Waals surface area contributed by atoms with Crippen LogP contribution < -0.4 is 4.84 Å². The maximum atomic E-state index is 14.0. The lowest BCUT2D eigenvalue weighted by Gasteiger charge is -2.32. The van der Waals surface area contributed by atoms with Gasteiger partial charge in [0.25, 0.3) is 0 Å². The largest absolute Gasteiger partial charge is 0.357 e. The zero-order chi connectivity index (χ0) is 24.9. The Bertz CT molecular complexity index is 1240. The molecule has 1 fully saturated rings. The molecule has 0 aliphatic carbocycles. The highest BCUT2D eigenvalue weighted by atomic mass is 35.5. The summed E-state index contributed by atoms with van der Waals surface area (Å²) in [7, 11) is 0. The van der Waals surface area contributed by atoms with E-state index in [2.05, 4.69) is 15.1 Å². The number of rotatable bonds is 6. The molecule has 1 aliphatic rings. The van der Waals surface area contributed by atoms with Crippen molar-refractivity contribution in [1.82, 2.24) is 14.9 Å². The van der Waals surface area contributed by atoms with Crippen LogP contribution in [0, 0.1) is 18.6 Å². The SMILES string of the molecule is CC(=NOc1cccc(Cl)c1)c1cnc(C)nc1C1CCN(C(=O)Cc2c(F)cccc2F)CC1. The number of piperidine rings is 1. The van der Waals surface area contributed by atoms with Gasteiger partial charge in [0.1, 0.15) is 17.5 Å². The molecule has 6 nitrogen and oxygen atoms in total. The van der Waals surface area contributed by atoms with Crippen molar-refractivity contribution in [2.75, 3.05) is 13.1 Å². The average Bonchev–Trinajstić information content (AvgIpc) is 2.85. The molecule has 35 heavy (non-hydrogen) atoms. The van der Waals surface area contributed by atoms with Crippen molar-refractivity contribution >= 4 is 23.2 Å². The van der Waals surface area contributed by atoms with Crippen molar-refractivity contribution in [2.45, 2.75) is 39.0 Å². The summed E-state index contributed by atoms with van der Waals surface area (Å²) in [5, 5.41) is 4.79. The van der Waals surface area contributed by atoms with Gasteiger partial charge in [0.2, 0.25) is 5.91 Å². The number of aromatic nitrogens is 2. The van der Waals surface area contributed by atoms with Gasteiger partial charge in [-0.05, 0) is 51.0 Å². The fourth-order valence-corrected chi connectivity index (χ4v) is 4.32. The van der Waals surface area contributed by atoms with E-state index in [1.54, 1.807) is 35.4 Å². The number of amides is 1. The van der Waals surface area contributed by atoms with E-state index < -0.39 is 11.6 Å². The van der Waals surface area contributed by atoms with Gasteiger partial charge < -0.3 is 9.74 Å². The molecule has 0 radical (unpaired) electrons. The van der Waals surface area contributed by atoms with Crippen LogP contribution in [0.25, 0.3) is 0 Å². The Morgan fingerprint density at radius 1 is 1.17 bits per heavy atom. The first-order valence-electron chi connectivity index (χ1n) is 11.3. The van der Waals surface area contributed by atoms with Crippen LogP contribution in [0.5, 0.6) is 5.75 Å². The van der Waals surface area contributed by atoms with E-state index in [1.807, 2.05) is 13.8 Å². The van der Waals surface area contributed by atoms with Gasteiger partial charge in [-0.15, -0.1) is 0 Å². The second-order valence-electron chi connectivity index (χ2n) is 8.47. The molecule has 0 saturated carbocycles. The molecular weight excluding hydrogens is 474 g/mol. The number of hydrogen-bond acceptors (Lipinski definition) is 5. The van der Waals surface area contributed by atoms with E-state index in [4.69, 9.17) is 16.4 Å². The fraction of sp³-hybridized carbons (Fsp3) is 0.308. The third kappa shape index (κ3) is 6.00. The summed E-state index contributed by atoms with van der Waals surface area (Å²) in [6, 6.07) is 10.6. The molecule has 0 bridgehead atoms. The third-order valence-electron chi connectivity index (χ3n) is 6.04. The van der Waals surface area contributed by atoms with Crippen molar-refractivity contribution in [3.05, 3.63) is 88.0 Å². The summed E-state index contributed by atoms with van der Waals surface area (Å²) in [4.78, 5) is 28.9. The number of carbonyl (C=O) groups excluding carboxylic acids is 1. The molecule has 182 valence electrons. The summed E-state index contributed by atoms with van der Waals surface area (Å²) in [5.74, 6) is -0.463. The van der Waals surface area contributed by atoms with E-state index in [1.165, 1.54) is 6.07 Å². The van der Waals surface area contributed by atoms with Crippen LogP contribution in [0.15, 0.2) is 53.8 Å². The number of halogens is 3. The summed E-state index contributed by atoms with van der Waals surface area (Å²) in [5.41, 5.74) is 2.05. The standard InChI is InChI=1S/C26H25ClF2N4O2/c1-16(32-35-20-6-3-5-19(27)13-20)22-15-30-17(2)31-26(22)18-9-11-33(12-10-18)25(34)14-21-23(28)7-4-8-24(21)29/h3-8,13,15,18H,9-12,14H2,1-2H3. The number of aryl methyl sites for hydroxylation is 1. The van der Waals surface area contributed by atoms with Gasteiger partial charge in [-0.2, -0.15) is 0 Å². The van der Waals surface area contributed by atoms with Crippen molar-refractivity contribution in [3.63, 3.8) is 0 Å². The average molecular weight is 499 g/mol. The molecule has 1 amide bonds. The normalized spacial score (nSPS) is 14.8. The van der Waals surface area contributed by atoms with Crippen molar-refractivity contribution < 1.29 is 18.4 Å². The topological polar surface area (TPSA) is 67.7 Å². The molecule has 1 aromatic heterocycles. The number of oxime groups is 1. The predicted molar refractivity (Wildman–Crippen MR) is 130 cm³/mol. The first kappa shape index (κ1) is 24.7. The minimum atomic E-state index is -0.705. The quantitative estimate of drug-likeness (QED) is 0.334. The minimum Gasteiger partial charge on any atom is -0.357 e. The van der Waals surface area contributed by atoms with Gasteiger partial charge >= 0.3 is 0 Å². The highest BCUT2D eigenvalue weighted by molar-refractivity contribution is 6.30. The van der Waals surface area contributed by atoms with Gasteiger partial charge in [0, 0.05) is 47.4 Å². The Kier molecular flexibility index (Phi) is 7.70. The smallest absolute Gasteiger partial charge is 0.227 e. The molecule has 1 aliphatic heterocycles. The summed E-state index contributed by atoms with van der Waals surface area (Å²) in [6.07, 6.45) is 2.76. The Morgan fingerprint density at radius 3 is 2.54 bits per heavy atom. The van der Waals surface area contributed by atoms with Crippen molar-refractivity contribution in [1.29, 1.82) is 0 Å². The van der Waals surface area contributed by atoms with Gasteiger partial charge in [0.15, 0.2) is 5.75 Å². The molecule has 3 aromatic rings. The van der Waals surface area contributed by atoms with E-state index >= 15 is 0 Å². The predicted octanol–water partition coefficient (Wildman–Crippen LogP) is 5.47. The van der Waals surface area contributed by atoms with Crippen LogP contribution in [0.2, 0.25) is 5.02 Å². The Hall–Kier alpha value is -3.39. The third-order valence-corrected chi connectivity index (χ3v) is 6.27. The zero-order valence-corrected chi connectivity index (χ0v) is 20.2. The van der Waals surface area contributed by atoms with Gasteiger partial charge in [0.05, 0.1) is 17.8 Å². The van der Waals surface area contributed by atoms with Crippen LogP contribution in [0.4, 0.5) is 8.78 Å². The summed E-state index contributed by atoms with van der Waals surface area (Å²) >= 11 is 6.00. The molecule has 9 heteroatoms. The minimum absolute atomic E-state index is 0.0808. The molecule has 0 spiro atoms. The van der Waals surface area contributed by atoms with Crippen LogP contribution in [-0.2, 0) is 11.2 Å². The second kappa shape index (κ2) is 10.9. The van der Waals surface area contributed by atoms with E-state index in [0.29, 0.717) is 48.2 Å². The maximum Gasteiger partial charge on any atom is 0.227 e. The van der Waals surface area contributed by atoms with Gasteiger partial charge in [-0.3, -0.25) is 4.79 Å². The first-order valence-corrected chi connectivity index (χ1v) is 11.7. The van der Waals surface area contributed by atoms with Crippen LogP contribution >= 0.6 is 11.6 Å². The molecule has 4 rings (SSSR count). The maximum absolute atomic E-state index is 14.0. The lowest BCUT2D eigenvalue weighted by molar-refractivity contribution is -0.131. The van der Waals surface area contributed by atoms with E-state index in [-0.39, 0.29) is 23.8 Å². The highest BCUT2D eigenvalue weighted by Crippen LogP contribution is 2.30. The van der Waals surface area contributed by atoms with Crippen molar-refractivity contribution in [3.8, 4) is 5.75 Å². The van der Waals surface area contributed by atoms with E-state index in [0.717, 1.165) is 23.4 Å². The van der Waals surface area contributed by atoms with Crippen LogP contribution in [-0.4, -0.2) is 39.6 Å². The lowest BCUT2D eigenvalue weighted by atomic mass is 9.89. The summed E-state index contributed by atoms with van der Waals surface area (Å²) in [6.45, 7) is 4.59. The molecule has 2 aromatic carbocycles. The monoisotopic (exact) mass is 498 g/mol. The number of carbonyl (C=O) groups is 1. The molecule has 0 N–H and O–H groups in total. The molecule has 1 saturated heterocycles. The Morgan fingerprint density at radius 2 is 1.86 bits per heavy atom. The second-order valence-corrected chi connectivity index (χ2v) is 8.91. The van der Waals surface area contributed by atoms with E-state index in [9.17, 15) is 13.6 Å². The first-order chi connectivity index (χ1) is 16.8. The van der Waals surface area contributed by atoms with Crippen molar-refractivity contribution in [2.24, 2.45) is 5.16 Å². The molecule has 0 unspecified atom stereocenters. The Labute approximate surface area is 207 Å². The molecule has 0 atom stereocenters. The van der Waals surface area contributed by atoms with Crippen LogP contribution in [0.3, 0.4) is 0 Å². The molecular formula is C26H25ClF2N4O2. The molecule has 2 heterocycles. The lowest BCUT2D eigenvalue weighted by Crippen LogP contribution is -2.39.